The molecule has 1 heterocycles. The maximum atomic E-state index is 12.3. The van der Waals surface area contributed by atoms with E-state index in [2.05, 4.69) is 10.1 Å². The molecule has 0 radical (unpaired) electrons. The van der Waals surface area contributed by atoms with Crippen molar-refractivity contribution in [3.8, 4) is 5.75 Å². The van der Waals surface area contributed by atoms with E-state index in [0.29, 0.717) is 17.5 Å². The average Bonchev–Trinajstić information content (AvgIpc) is 2.56. The quantitative estimate of drug-likeness (QED) is 0.749. The second-order valence-corrected chi connectivity index (χ2v) is 4.84. The molecule has 6 nitrogen and oxygen atoms in total. The summed E-state index contributed by atoms with van der Waals surface area (Å²) in [5.41, 5.74) is 0.227. The minimum atomic E-state index is -0.573. The lowest BCUT2D eigenvalue weighted by atomic mass is 10.2. The molecule has 0 aliphatic carbocycles. The molecule has 3 aromatic rings. The third-order valence-corrected chi connectivity index (χ3v) is 3.30. The number of hydrogen-bond acceptors (Lipinski definition) is 4. The summed E-state index contributed by atoms with van der Waals surface area (Å²) < 4.78 is 6.17. The van der Waals surface area contributed by atoms with Gasteiger partial charge in [-0.1, -0.05) is 12.1 Å². The van der Waals surface area contributed by atoms with E-state index in [1.165, 1.54) is 6.21 Å². The fourth-order valence-electron chi connectivity index (χ4n) is 2.20. The van der Waals surface area contributed by atoms with Gasteiger partial charge in [0.05, 0.1) is 23.7 Å². The summed E-state index contributed by atoms with van der Waals surface area (Å²) in [4.78, 5) is 26.9. The first-order chi connectivity index (χ1) is 11.2. The van der Waals surface area contributed by atoms with Crippen LogP contribution in [0.4, 0.5) is 0 Å². The maximum absolute atomic E-state index is 12.3. The highest BCUT2D eigenvalue weighted by molar-refractivity contribution is 5.80. The van der Waals surface area contributed by atoms with Crippen LogP contribution < -0.4 is 16.0 Å². The smallest absolute Gasteiger partial charge is 0.349 e. The number of H-pyrrole nitrogens is 1. The normalized spacial score (nSPS) is 11.2. The van der Waals surface area contributed by atoms with Gasteiger partial charge in [0.2, 0.25) is 0 Å². The van der Waals surface area contributed by atoms with Gasteiger partial charge in [-0.3, -0.25) is 4.79 Å². The lowest BCUT2D eigenvalue weighted by Gasteiger charge is -2.02. The molecular weight excluding hydrogens is 294 g/mol. The Morgan fingerprint density at radius 2 is 1.87 bits per heavy atom. The number of hydrogen-bond donors (Lipinski definition) is 1. The highest BCUT2D eigenvalue weighted by Gasteiger charge is 2.05. The number of nitrogens with one attached hydrogen (secondary N) is 1. The van der Waals surface area contributed by atoms with Gasteiger partial charge < -0.3 is 9.72 Å². The van der Waals surface area contributed by atoms with Crippen molar-refractivity contribution in [1.29, 1.82) is 0 Å². The second kappa shape index (κ2) is 6.31. The zero-order chi connectivity index (χ0) is 16.2. The summed E-state index contributed by atoms with van der Waals surface area (Å²) in [6.07, 6.45) is 1.46. The number of para-hydroxylation sites is 1. The van der Waals surface area contributed by atoms with Gasteiger partial charge in [-0.25, -0.2) is 4.79 Å². The molecule has 0 saturated heterocycles. The van der Waals surface area contributed by atoms with Crippen LogP contribution in [0, 0.1) is 0 Å². The maximum Gasteiger partial charge on any atom is 0.349 e. The lowest BCUT2D eigenvalue weighted by molar-refractivity contribution is 0.340. The molecule has 0 amide bonds. The van der Waals surface area contributed by atoms with Crippen LogP contribution in [-0.4, -0.2) is 22.5 Å². The third kappa shape index (κ3) is 3.06. The summed E-state index contributed by atoms with van der Waals surface area (Å²) in [6, 6.07) is 14.0. The van der Waals surface area contributed by atoms with Crippen LogP contribution in [0.5, 0.6) is 5.75 Å². The minimum absolute atomic E-state index is 0.413. The first-order valence-electron chi connectivity index (χ1n) is 7.20. The Labute approximate surface area is 131 Å². The van der Waals surface area contributed by atoms with E-state index in [0.717, 1.165) is 16.0 Å². The zero-order valence-corrected chi connectivity index (χ0v) is 12.5. The van der Waals surface area contributed by atoms with Crippen molar-refractivity contribution >= 4 is 17.1 Å². The van der Waals surface area contributed by atoms with Crippen LogP contribution in [0.3, 0.4) is 0 Å². The van der Waals surface area contributed by atoms with Crippen molar-refractivity contribution in [3.63, 3.8) is 0 Å². The number of fused-ring (bicyclic) bond motifs is 1. The van der Waals surface area contributed by atoms with Crippen LogP contribution in [0.2, 0.25) is 0 Å². The van der Waals surface area contributed by atoms with Gasteiger partial charge in [0.15, 0.2) is 0 Å². The Morgan fingerprint density at radius 3 is 2.61 bits per heavy atom. The molecule has 1 N–H and O–H groups in total. The van der Waals surface area contributed by atoms with E-state index >= 15 is 0 Å². The van der Waals surface area contributed by atoms with E-state index in [4.69, 9.17) is 4.74 Å². The molecule has 116 valence electrons. The predicted molar refractivity (Wildman–Crippen MR) is 89.4 cm³/mol. The predicted octanol–water partition coefficient (Wildman–Crippen LogP) is 1.97. The minimum Gasteiger partial charge on any atom is -0.494 e. The van der Waals surface area contributed by atoms with Crippen molar-refractivity contribution in [3.05, 3.63) is 74.9 Å². The van der Waals surface area contributed by atoms with Gasteiger partial charge in [-0.2, -0.15) is 5.10 Å². The number of aromatic amines is 1. The summed E-state index contributed by atoms with van der Waals surface area (Å²) in [5.74, 6) is 0.755. The van der Waals surface area contributed by atoms with Crippen LogP contribution >= 0.6 is 0 Å². The number of rotatable bonds is 4. The standard InChI is InChI=1S/C17H15N3O3/c1-2-23-13-9-7-12(8-10-13)11-18-20-16(21)14-5-3-4-6-15(14)19-17(20)22/h3-11H,2H2,1H3,(H,19,22). The molecule has 1 aromatic heterocycles. The van der Waals surface area contributed by atoms with Gasteiger partial charge >= 0.3 is 5.69 Å². The van der Waals surface area contributed by atoms with Gasteiger partial charge in [0, 0.05) is 0 Å². The summed E-state index contributed by atoms with van der Waals surface area (Å²) in [7, 11) is 0. The third-order valence-electron chi connectivity index (χ3n) is 3.30. The molecule has 0 spiro atoms. The molecule has 0 aliphatic rings. The molecule has 0 atom stereocenters. The first-order valence-corrected chi connectivity index (χ1v) is 7.20. The van der Waals surface area contributed by atoms with Crippen LogP contribution in [-0.2, 0) is 0 Å². The number of ether oxygens (including phenoxy) is 1. The van der Waals surface area contributed by atoms with E-state index < -0.39 is 11.2 Å². The molecule has 23 heavy (non-hydrogen) atoms. The Kier molecular flexibility index (Phi) is 4.05. The van der Waals surface area contributed by atoms with Crippen molar-refractivity contribution in [2.45, 2.75) is 6.92 Å². The first kappa shape index (κ1) is 14.8. The average molecular weight is 309 g/mol. The van der Waals surface area contributed by atoms with E-state index in [-0.39, 0.29) is 0 Å². The topological polar surface area (TPSA) is 76.5 Å². The van der Waals surface area contributed by atoms with Gasteiger partial charge in [0.1, 0.15) is 5.75 Å². The molecule has 3 rings (SSSR count). The highest BCUT2D eigenvalue weighted by Crippen LogP contribution is 2.10. The monoisotopic (exact) mass is 309 g/mol. The summed E-state index contributed by atoms with van der Waals surface area (Å²) in [5, 5.41) is 4.41. The fourth-order valence-corrected chi connectivity index (χ4v) is 2.20. The Bertz CT molecular complexity index is 969. The molecular formula is C17H15N3O3. The summed E-state index contributed by atoms with van der Waals surface area (Å²) in [6.45, 7) is 2.50. The van der Waals surface area contributed by atoms with Crippen LogP contribution in [0.1, 0.15) is 12.5 Å². The molecule has 0 unspecified atom stereocenters. The largest absolute Gasteiger partial charge is 0.494 e. The highest BCUT2D eigenvalue weighted by atomic mass is 16.5. The Morgan fingerprint density at radius 1 is 1.13 bits per heavy atom. The van der Waals surface area contributed by atoms with Crippen molar-refractivity contribution in [1.82, 2.24) is 9.66 Å². The van der Waals surface area contributed by atoms with Crippen LogP contribution in [0.15, 0.2) is 63.2 Å². The number of nitrogens with zero attached hydrogens (tertiary/aromatic N) is 2. The fraction of sp³-hybridized carbons (Fsp3) is 0.118. The molecule has 0 bridgehead atoms. The van der Waals surface area contributed by atoms with Gasteiger partial charge in [0.25, 0.3) is 5.56 Å². The molecule has 0 aliphatic heterocycles. The Balaban J connectivity index is 1.97. The van der Waals surface area contributed by atoms with Crippen molar-refractivity contribution < 1.29 is 4.74 Å². The summed E-state index contributed by atoms with van der Waals surface area (Å²) >= 11 is 0. The van der Waals surface area contributed by atoms with Crippen LogP contribution in [0.25, 0.3) is 10.9 Å². The van der Waals surface area contributed by atoms with E-state index in [9.17, 15) is 9.59 Å². The van der Waals surface area contributed by atoms with Gasteiger partial charge in [-0.15, -0.1) is 4.68 Å². The number of aromatic nitrogens is 2. The molecule has 2 aromatic carbocycles. The van der Waals surface area contributed by atoms with Gasteiger partial charge in [-0.05, 0) is 48.9 Å². The lowest BCUT2D eigenvalue weighted by Crippen LogP contribution is -2.32. The van der Waals surface area contributed by atoms with Crippen molar-refractivity contribution in [2.24, 2.45) is 5.10 Å². The Hall–Kier alpha value is -3.15. The number of benzene rings is 2. The van der Waals surface area contributed by atoms with Crippen molar-refractivity contribution in [2.75, 3.05) is 6.61 Å². The zero-order valence-electron chi connectivity index (χ0n) is 12.5. The SMILES string of the molecule is CCOc1ccc(C=Nn2c(=O)[nH]c3ccccc3c2=O)cc1. The molecule has 0 fully saturated rings. The van der Waals surface area contributed by atoms with E-state index in [1.807, 2.05) is 6.92 Å². The molecule has 6 heteroatoms. The second-order valence-electron chi connectivity index (χ2n) is 4.84. The molecule has 0 saturated carbocycles. The van der Waals surface area contributed by atoms with E-state index in [1.54, 1.807) is 48.5 Å².